The lowest BCUT2D eigenvalue weighted by atomic mass is 9.99. The van der Waals surface area contributed by atoms with E-state index in [4.69, 9.17) is 0 Å². The van der Waals surface area contributed by atoms with Crippen LogP contribution in [0.1, 0.15) is 104 Å². The predicted molar refractivity (Wildman–Crippen MR) is 93.5 cm³/mol. The summed E-state index contributed by atoms with van der Waals surface area (Å²) in [6.07, 6.45) is 18.5. The van der Waals surface area contributed by atoms with Gasteiger partial charge in [0.15, 0.2) is 0 Å². The molecular weight excluding hydrogens is 242 g/mol. The highest BCUT2D eigenvalue weighted by Crippen LogP contribution is 2.17. The number of hydrogen-bond acceptors (Lipinski definition) is 1. The van der Waals surface area contributed by atoms with Crippen molar-refractivity contribution in [3.8, 4) is 0 Å². The summed E-state index contributed by atoms with van der Waals surface area (Å²) in [6, 6.07) is 0.841. The molecule has 0 aromatic heterocycles. The normalized spacial score (nSPS) is 13.1. The fraction of sp³-hybridized carbons (Fsp3) is 1.00. The molecule has 0 bridgehead atoms. The van der Waals surface area contributed by atoms with Gasteiger partial charge in [-0.3, -0.25) is 0 Å². The molecule has 1 nitrogen and oxygen atoms in total. The molecule has 1 heteroatoms. The summed E-state index contributed by atoms with van der Waals surface area (Å²) in [5, 5.41) is 0. The van der Waals surface area contributed by atoms with Crippen LogP contribution in [-0.2, 0) is 0 Å². The second-order valence-corrected chi connectivity index (χ2v) is 6.49. The zero-order chi connectivity index (χ0) is 15.1. The van der Waals surface area contributed by atoms with Crippen molar-refractivity contribution in [1.82, 2.24) is 4.90 Å². The summed E-state index contributed by atoms with van der Waals surface area (Å²) in [5.41, 5.74) is 0. The van der Waals surface area contributed by atoms with Crippen LogP contribution in [0.4, 0.5) is 0 Å². The molecule has 0 fully saturated rings. The number of unbranched alkanes of at least 4 members (excludes halogenated alkanes) is 9. The second kappa shape index (κ2) is 15.4. The van der Waals surface area contributed by atoms with Gasteiger partial charge in [-0.25, -0.2) is 0 Å². The molecule has 0 saturated carbocycles. The maximum atomic E-state index is 2.58. The van der Waals surface area contributed by atoms with E-state index in [0.717, 1.165) is 6.04 Å². The highest BCUT2D eigenvalue weighted by molar-refractivity contribution is 4.68. The predicted octanol–water partition coefficient (Wildman–Crippen LogP) is 6.42. The third-order valence-corrected chi connectivity index (χ3v) is 4.65. The fourth-order valence-electron chi connectivity index (χ4n) is 2.99. The smallest absolute Gasteiger partial charge is 0.00920 e. The van der Waals surface area contributed by atoms with E-state index in [-0.39, 0.29) is 0 Å². The van der Waals surface area contributed by atoms with Crippen LogP contribution in [0.15, 0.2) is 0 Å². The fourth-order valence-corrected chi connectivity index (χ4v) is 2.99. The Morgan fingerprint density at radius 2 is 1.00 bits per heavy atom. The topological polar surface area (TPSA) is 3.24 Å². The molecule has 0 aliphatic carbocycles. The first-order valence-electron chi connectivity index (χ1n) is 9.46. The second-order valence-electron chi connectivity index (χ2n) is 6.49. The Morgan fingerprint density at radius 3 is 1.40 bits per heavy atom. The van der Waals surface area contributed by atoms with E-state index in [1.807, 2.05) is 0 Å². The van der Waals surface area contributed by atoms with Crippen molar-refractivity contribution in [2.45, 2.75) is 110 Å². The van der Waals surface area contributed by atoms with Gasteiger partial charge in [0.2, 0.25) is 0 Å². The van der Waals surface area contributed by atoms with E-state index >= 15 is 0 Å². The molecule has 0 N–H and O–H groups in total. The first-order chi connectivity index (χ1) is 9.76. The molecule has 1 unspecified atom stereocenters. The van der Waals surface area contributed by atoms with Gasteiger partial charge in [-0.2, -0.15) is 0 Å². The zero-order valence-corrected chi connectivity index (χ0v) is 14.9. The van der Waals surface area contributed by atoms with E-state index in [1.165, 1.54) is 90.0 Å². The summed E-state index contributed by atoms with van der Waals surface area (Å²) in [6.45, 7) is 8.10. The minimum absolute atomic E-state index is 0.841. The van der Waals surface area contributed by atoms with Crippen molar-refractivity contribution < 1.29 is 0 Å². The van der Waals surface area contributed by atoms with E-state index in [1.54, 1.807) is 0 Å². The molecule has 0 spiro atoms. The highest BCUT2D eigenvalue weighted by atomic mass is 15.1. The minimum Gasteiger partial charge on any atom is -0.304 e. The van der Waals surface area contributed by atoms with Crippen LogP contribution in [0.2, 0.25) is 0 Å². The van der Waals surface area contributed by atoms with Crippen molar-refractivity contribution in [2.75, 3.05) is 13.6 Å². The molecule has 0 aromatic carbocycles. The van der Waals surface area contributed by atoms with Crippen molar-refractivity contribution in [1.29, 1.82) is 0 Å². The van der Waals surface area contributed by atoms with E-state index in [0.29, 0.717) is 0 Å². The van der Waals surface area contributed by atoms with E-state index in [9.17, 15) is 0 Å². The number of hydrogen-bond donors (Lipinski definition) is 0. The van der Waals surface area contributed by atoms with Crippen molar-refractivity contribution in [3.63, 3.8) is 0 Å². The third kappa shape index (κ3) is 11.8. The van der Waals surface area contributed by atoms with Gasteiger partial charge < -0.3 is 4.90 Å². The molecule has 122 valence electrons. The summed E-state index contributed by atoms with van der Waals surface area (Å²) in [5.74, 6) is 0. The van der Waals surface area contributed by atoms with Crippen molar-refractivity contribution in [2.24, 2.45) is 0 Å². The Morgan fingerprint density at radius 1 is 0.600 bits per heavy atom. The van der Waals surface area contributed by atoms with E-state index < -0.39 is 0 Å². The van der Waals surface area contributed by atoms with Gasteiger partial charge in [0.25, 0.3) is 0 Å². The van der Waals surface area contributed by atoms with Crippen LogP contribution in [-0.4, -0.2) is 24.5 Å². The maximum absolute atomic E-state index is 2.58. The SMILES string of the molecule is CCCCCCCCC(CCCCCCC)N(C)CC. The summed E-state index contributed by atoms with van der Waals surface area (Å²) >= 11 is 0. The Bertz CT molecular complexity index is 179. The molecule has 0 amide bonds. The minimum atomic E-state index is 0.841. The lowest BCUT2D eigenvalue weighted by Gasteiger charge is -2.27. The Balaban J connectivity index is 3.68. The van der Waals surface area contributed by atoms with Gasteiger partial charge >= 0.3 is 0 Å². The quantitative estimate of drug-likeness (QED) is 0.313. The molecule has 0 rings (SSSR count). The third-order valence-electron chi connectivity index (χ3n) is 4.65. The Labute approximate surface area is 129 Å². The molecule has 0 aliphatic rings. The number of nitrogens with zero attached hydrogens (tertiary/aromatic N) is 1. The largest absolute Gasteiger partial charge is 0.304 e. The number of rotatable bonds is 15. The summed E-state index contributed by atoms with van der Waals surface area (Å²) < 4.78 is 0. The Hall–Kier alpha value is -0.0400. The molecule has 0 radical (unpaired) electrons. The van der Waals surface area contributed by atoms with Crippen LogP contribution in [0, 0.1) is 0 Å². The van der Waals surface area contributed by atoms with E-state index in [2.05, 4.69) is 32.7 Å². The van der Waals surface area contributed by atoms with Crippen LogP contribution >= 0.6 is 0 Å². The molecule has 0 aromatic rings. The van der Waals surface area contributed by atoms with Crippen LogP contribution in [0.3, 0.4) is 0 Å². The van der Waals surface area contributed by atoms with Gasteiger partial charge in [-0.05, 0) is 26.4 Å². The first-order valence-corrected chi connectivity index (χ1v) is 9.46. The zero-order valence-electron chi connectivity index (χ0n) is 14.9. The first kappa shape index (κ1) is 20.0. The summed E-state index contributed by atoms with van der Waals surface area (Å²) in [4.78, 5) is 2.58. The van der Waals surface area contributed by atoms with Gasteiger partial charge in [0.1, 0.15) is 0 Å². The average Bonchev–Trinajstić information content (AvgIpc) is 2.47. The van der Waals surface area contributed by atoms with Gasteiger partial charge in [0.05, 0.1) is 0 Å². The maximum Gasteiger partial charge on any atom is 0.00920 e. The molecule has 20 heavy (non-hydrogen) atoms. The highest BCUT2D eigenvalue weighted by Gasteiger charge is 2.12. The lowest BCUT2D eigenvalue weighted by Crippen LogP contribution is -2.31. The molecular formula is C19H41N. The van der Waals surface area contributed by atoms with Gasteiger partial charge in [0, 0.05) is 6.04 Å². The van der Waals surface area contributed by atoms with Gasteiger partial charge in [-0.15, -0.1) is 0 Å². The molecule has 1 atom stereocenters. The monoisotopic (exact) mass is 283 g/mol. The van der Waals surface area contributed by atoms with Crippen LogP contribution in [0.25, 0.3) is 0 Å². The summed E-state index contributed by atoms with van der Waals surface area (Å²) in [7, 11) is 2.31. The molecule has 0 heterocycles. The van der Waals surface area contributed by atoms with Crippen molar-refractivity contribution in [3.05, 3.63) is 0 Å². The van der Waals surface area contributed by atoms with Crippen molar-refractivity contribution >= 4 is 0 Å². The average molecular weight is 284 g/mol. The van der Waals surface area contributed by atoms with Gasteiger partial charge in [-0.1, -0.05) is 91.4 Å². The van der Waals surface area contributed by atoms with Crippen LogP contribution in [0.5, 0.6) is 0 Å². The van der Waals surface area contributed by atoms with Crippen LogP contribution < -0.4 is 0 Å². The molecule has 0 aliphatic heterocycles. The standard InChI is InChI=1S/C19H41N/c1-5-8-10-12-14-16-18-19(20(4)7-3)17-15-13-11-9-6-2/h19H,5-18H2,1-4H3. The molecule has 0 saturated heterocycles. The Kier molecular flexibility index (Phi) is 15.3. The lowest BCUT2D eigenvalue weighted by molar-refractivity contribution is 0.219.